The summed E-state index contributed by atoms with van der Waals surface area (Å²) in [5.41, 5.74) is 1.35. The van der Waals surface area contributed by atoms with Gasteiger partial charge in [-0.25, -0.2) is 12.8 Å². The Morgan fingerprint density at radius 3 is 2.46 bits per heavy atom. The van der Waals surface area contributed by atoms with Gasteiger partial charge in [0.15, 0.2) is 9.84 Å². The fourth-order valence-corrected chi connectivity index (χ4v) is 4.35. The Balaban J connectivity index is 1.87. The summed E-state index contributed by atoms with van der Waals surface area (Å²) in [6.45, 7) is 6.29. The molecule has 0 atom stereocenters. The number of piperidine rings is 1. The van der Waals surface area contributed by atoms with Crippen LogP contribution in [0.5, 0.6) is 0 Å². The number of hydrogen-bond donors (Lipinski definition) is 0. The fraction of sp³-hybridized carbons (Fsp3) is 0.611. The Morgan fingerprint density at radius 1 is 1.29 bits per heavy atom. The van der Waals surface area contributed by atoms with E-state index in [1.54, 1.807) is 37.8 Å². The molecule has 1 amide bonds. The normalized spacial score (nSPS) is 16.6. The molecule has 2 rings (SSSR count). The number of carbonyl (C=O) groups excluding carboxylic acids is 1. The maximum atomic E-state index is 13.3. The van der Waals surface area contributed by atoms with E-state index in [0.29, 0.717) is 18.7 Å². The van der Waals surface area contributed by atoms with Crippen LogP contribution in [0, 0.1) is 18.7 Å². The number of amides is 1. The molecule has 24 heavy (non-hydrogen) atoms. The zero-order valence-electron chi connectivity index (χ0n) is 14.6. The van der Waals surface area contributed by atoms with Crippen molar-refractivity contribution in [1.82, 2.24) is 4.90 Å². The van der Waals surface area contributed by atoms with Crippen molar-refractivity contribution in [2.24, 2.45) is 5.92 Å². The molecule has 1 aliphatic rings. The number of hydrogen-bond acceptors (Lipinski definition) is 3. The van der Waals surface area contributed by atoms with E-state index in [2.05, 4.69) is 0 Å². The minimum absolute atomic E-state index is 0.0196. The first-order valence-electron chi connectivity index (χ1n) is 8.43. The van der Waals surface area contributed by atoms with Crippen molar-refractivity contribution in [3.63, 3.8) is 0 Å². The van der Waals surface area contributed by atoms with Crippen LogP contribution < -0.4 is 0 Å². The highest BCUT2D eigenvalue weighted by Gasteiger charge is 2.27. The molecular formula is C18H26FNO3S. The highest BCUT2D eigenvalue weighted by molar-refractivity contribution is 7.91. The Kier molecular flexibility index (Phi) is 6.01. The zero-order valence-corrected chi connectivity index (χ0v) is 15.4. The maximum Gasteiger partial charge on any atom is 0.226 e. The van der Waals surface area contributed by atoms with Gasteiger partial charge in [0.1, 0.15) is 5.82 Å². The Hall–Kier alpha value is -1.43. The maximum absolute atomic E-state index is 13.3. The summed E-state index contributed by atoms with van der Waals surface area (Å²) >= 11 is 0. The molecule has 6 heteroatoms. The van der Waals surface area contributed by atoms with Crippen LogP contribution in [0.3, 0.4) is 0 Å². The molecule has 0 aromatic heterocycles. The second-order valence-corrected chi connectivity index (χ2v) is 9.56. The van der Waals surface area contributed by atoms with Crippen molar-refractivity contribution in [1.29, 1.82) is 0 Å². The molecule has 0 spiro atoms. The minimum atomic E-state index is -3.03. The molecule has 1 aromatic rings. The van der Waals surface area contributed by atoms with Gasteiger partial charge in [0.25, 0.3) is 0 Å². The minimum Gasteiger partial charge on any atom is -0.342 e. The van der Waals surface area contributed by atoms with Gasteiger partial charge in [-0.15, -0.1) is 0 Å². The average Bonchev–Trinajstić information content (AvgIpc) is 2.51. The standard InChI is InChI=1S/C18H26FNO3S/c1-13(2)24(22,23)12-15-6-8-20(9-7-15)18(21)11-16-4-5-17(19)14(3)10-16/h4-5,10,13,15H,6-9,11-12H2,1-3H3. The van der Waals surface area contributed by atoms with E-state index >= 15 is 0 Å². The molecule has 134 valence electrons. The summed E-state index contributed by atoms with van der Waals surface area (Å²) in [7, 11) is -3.03. The molecular weight excluding hydrogens is 329 g/mol. The third kappa shape index (κ3) is 4.79. The molecule has 0 unspecified atom stereocenters. The number of halogens is 1. The SMILES string of the molecule is Cc1cc(CC(=O)N2CCC(CS(=O)(=O)C(C)C)CC2)ccc1F. The van der Waals surface area contributed by atoms with Gasteiger partial charge in [-0.3, -0.25) is 4.79 Å². The van der Waals surface area contributed by atoms with Crippen LogP contribution in [0.1, 0.15) is 37.8 Å². The molecule has 1 heterocycles. The lowest BCUT2D eigenvalue weighted by molar-refractivity contribution is -0.131. The van der Waals surface area contributed by atoms with Crippen molar-refractivity contribution < 1.29 is 17.6 Å². The van der Waals surface area contributed by atoms with Crippen LogP contribution in [0.2, 0.25) is 0 Å². The van der Waals surface area contributed by atoms with Crippen LogP contribution >= 0.6 is 0 Å². The van der Waals surface area contributed by atoms with E-state index < -0.39 is 9.84 Å². The van der Waals surface area contributed by atoms with Crippen LogP contribution in [0.25, 0.3) is 0 Å². The van der Waals surface area contributed by atoms with Crippen molar-refractivity contribution in [2.45, 2.75) is 45.3 Å². The van der Waals surface area contributed by atoms with Crippen LogP contribution in [-0.4, -0.2) is 43.3 Å². The second-order valence-electron chi connectivity index (χ2n) is 6.96. The summed E-state index contributed by atoms with van der Waals surface area (Å²) in [6, 6.07) is 4.73. The molecule has 1 saturated heterocycles. The number of nitrogens with zero attached hydrogens (tertiary/aromatic N) is 1. The number of aryl methyl sites for hydroxylation is 1. The summed E-state index contributed by atoms with van der Waals surface area (Å²) in [6.07, 6.45) is 1.70. The molecule has 0 aliphatic carbocycles. The predicted molar refractivity (Wildman–Crippen MR) is 93.1 cm³/mol. The van der Waals surface area contributed by atoms with Crippen molar-refractivity contribution in [2.75, 3.05) is 18.8 Å². The van der Waals surface area contributed by atoms with Gasteiger partial charge in [-0.05, 0) is 56.7 Å². The van der Waals surface area contributed by atoms with Gasteiger partial charge in [-0.2, -0.15) is 0 Å². The molecule has 1 aliphatic heterocycles. The summed E-state index contributed by atoms with van der Waals surface area (Å²) < 4.78 is 37.3. The van der Waals surface area contributed by atoms with E-state index in [1.807, 2.05) is 0 Å². The van der Waals surface area contributed by atoms with Gasteiger partial charge < -0.3 is 4.90 Å². The lowest BCUT2D eigenvalue weighted by Gasteiger charge is -2.32. The summed E-state index contributed by atoms with van der Waals surface area (Å²) in [4.78, 5) is 14.2. The van der Waals surface area contributed by atoms with Gasteiger partial charge in [0.05, 0.1) is 17.4 Å². The van der Waals surface area contributed by atoms with Crippen LogP contribution in [0.15, 0.2) is 18.2 Å². The molecule has 0 saturated carbocycles. The van der Waals surface area contributed by atoms with Gasteiger partial charge in [-0.1, -0.05) is 12.1 Å². The number of rotatable bonds is 5. The first kappa shape index (κ1) is 18.9. The van der Waals surface area contributed by atoms with Crippen molar-refractivity contribution in [3.8, 4) is 0 Å². The van der Waals surface area contributed by atoms with Gasteiger partial charge >= 0.3 is 0 Å². The van der Waals surface area contributed by atoms with Gasteiger partial charge in [0, 0.05) is 13.1 Å². The van der Waals surface area contributed by atoms with E-state index in [4.69, 9.17) is 0 Å². The smallest absolute Gasteiger partial charge is 0.226 e. The topological polar surface area (TPSA) is 54.5 Å². The van der Waals surface area contributed by atoms with Crippen molar-refractivity contribution >= 4 is 15.7 Å². The number of sulfone groups is 1. The first-order chi connectivity index (χ1) is 11.2. The summed E-state index contributed by atoms with van der Waals surface area (Å²) in [5, 5.41) is -0.348. The molecule has 4 nitrogen and oxygen atoms in total. The molecule has 0 N–H and O–H groups in total. The van der Waals surface area contributed by atoms with Crippen molar-refractivity contribution in [3.05, 3.63) is 35.1 Å². The Morgan fingerprint density at radius 2 is 1.92 bits per heavy atom. The molecule has 0 bridgehead atoms. The van der Waals surface area contributed by atoms with Crippen LogP contribution in [-0.2, 0) is 21.1 Å². The monoisotopic (exact) mass is 355 g/mol. The lowest BCUT2D eigenvalue weighted by atomic mass is 9.98. The molecule has 1 aromatic carbocycles. The van der Waals surface area contributed by atoms with E-state index in [0.717, 1.165) is 18.4 Å². The number of benzene rings is 1. The quantitative estimate of drug-likeness (QED) is 0.816. The molecule has 0 radical (unpaired) electrons. The fourth-order valence-electron chi connectivity index (χ4n) is 2.97. The van der Waals surface area contributed by atoms with E-state index in [9.17, 15) is 17.6 Å². The highest BCUT2D eigenvalue weighted by atomic mass is 32.2. The third-order valence-electron chi connectivity index (χ3n) is 4.73. The first-order valence-corrected chi connectivity index (χ1v) is 10.1. The van der Waals surface area contributed by atoms with E-state index in [-0.39, 0.29) is 35.1 Å². The zero-order chi connectivity index (χ0) is 17.9. The third-order valence-corrected chi connectivity index (χ3v) is 7.10. The lowest BCUT2D eigenvalue weighted by Crippen LogP contribution is -2.41. The highest BCUT2D eigenvalue weighted by Crippen LogP contribution is 2.21. The largest absolute Gasteiger partial charge is 0.342 e. The Labute approximate surface area is 144 Å². The molecule has 1 fully saturated rings. The average molecular weight is 355 g/mol. The second kappa shape index (κ2) is 7.64. The van der Waals surface area contributed by atoms with Crippen LogP contribution in [0.4, 0.5) is 4.39 Å². The number of likely N-dealkylation sites (tertiary alicyclic amines) is 1. The Bertz CT molecular complexity index is 692. The van der Waals surface area contributed by atoms with E-state index in [1.165, 1.54) is 6.07 Å². The number of carbonyl (C=O) groups is 1. The summed E-state index contributed by atoms with van der Waals surface area (Å²) in [5.74, 6) is 0.100. The predicted octanol–water partition coefficient (Wildman–Crippen LogP) is 2.74. The van der Waals surface area contributed by atoms with Gasteiger partial charge in [0.2, 0.25) is 5.91 Å².